The number of ether oxygens (including phenoxy) is 1. The molecule has 1 atom stereocenters. The molecule has 0 bridgehead atoms. The first-order valence-corrected chi connectivity index (χ1v) is 6.63. The molecule has 96 valence electrons. The molecule has 7 heteroatoms. The Hall–Kier alpha value is -0.560. The topological polar surface area (TPSA) is 58.5 Å². The molecule has 17 heavy (non-hydrogen) atoms. The van der Waals surface area contributed by atoms with E-state index >= 15 is 0 Å². The quantitative estimate of drug-likeness (QED) is 0.480. The van der Waals surface area contributed by atoms with Crippen molar-refractivity contribution in [3.63, 3.8) is 0 Å². The highest BCUT2D eigenvalue weighted by molar-refractivity contribution is 7.98. The molecule has 5 nitrogen and oxygen atoms in total. The number of aromatic nitrogens is 2. The maximum absolute atomic E-state index is 9.63. The fraction of sp³-hybridized carbons (Fsp3) is 0.600. The van der Waals surface area contributed by atoms with Crippen LogP contribution in [-0.2, 0) is 4.74 Å². The summed E-state index contributed by atoms with van der Waals surface area (Å²) >= 11 is 7.32. The lowest BCUT2D eigenvalue weighted by Crippen LogP contribution is -2.32. The smallest absolute Gasteiger partial charge is 0.190 e. The monoisotopic (exact) mass is 277 g/mol. The van der Waals surface area contributed by atoms with Crippen LogP contribution in [0.15, 0.2) is 11.2 Å². The van der Waals surface area contributed by atoms with E-state index in [4.69, 9.17) is 16.3 Å². The summed E-state index contributed by atoms with van der Waals surface area (Å²) in [6.45, 7) is 0.716. The first-order valence-electron chi connectivity index (χ1n) is 5.03. The van der Waals surface area contributed by atoms with Gasteiger partial charge in [-0.15, -0.1) is 0 Å². The summed E-state index contributed by atoms with van der Waals surface area (Å²) in [7, 11) is 3.39. The number of likely N-dealkylation sites (N-methyl/N-ethyl adjacent to an activating group) is 1. The van der Waals surface area contributed by atoms with E-state index in [0.29, 0.717) is 29.3 Å². The van der Waals surface area contributed by atoms with Crippen molar-refractivity contribution < 1.29 is 9.84 Å². The number of rotatable bonds is 6. The van der Waals surface area contributed by atoms with E-state index in [1.807, 2.05) is 18.2 Å². The van der Waals surface area contributed by atoms with E-state index in [0.717, 1.165) is 0 Å². The highest BCUT2D eigenvalue weighted by atomic mass is 35.5. The molecule has 1 unspecified atom stereocenters. The van der Waals surface area contributed by atoms with Gasteiger partial charge in [0.1, 0.15) is 11.0 Å². The van der Waals surface area contributed by atoms with Crippen LogP contribution in [-0.4, -0.2) is 54.7 Å². The number of hydrogen-bond acceptors (Lipinski definition) is 6. The molecule has 0 aliphatic heterocycles. The van der Waals surface area contributed by atoms with Gasteiger partial charge in [-0.3, -0.25) is 0 Å². The molecule has 0 saturated carbocycles. The van der Waals surface area contributed by atoms with Gasteiger partial charge in [-0.25, -0.2) is 9.97 Å². The summed E-state index contributed by atoms with van der Waals surface area (Å²) in [6.07, 6.45) is 1.33. The molecule has 1 aromatic heterocycles. The number of anilines is 1. The second-order valence-corrected chi connectivity index (χ2v) is 4.69. The SMILES string of the molecule is COCC(O)CN(C)c1cc(Cl)nc(SC)n1. The van der Waals surface area contributed by atoms with Crippen molar-refractivity contribution in [2.45, 2.75) is 11.3 Å². The number of hydrogen-bond donors (Lipinski definition) is 1. The zero-order chi connectivity index (χ0) is 12.8. The normalized spacial score (nSPS) is 12.5. The number of methoxy groups -OCH3 is 1. The highest BCUT2D eigenvalue weighted by Gasteiger charge is 2.11. The van der Waals surface area contributed by atoms with E-state index < -0.39 is 6.10 Å². The molecule has 0 spiro atoms. The predicted molar refractivity (Wildman–Crippen MR) is 70.0 cm³/mol. The summed E-state index contributed by atoms with van der Waals surface area (Å²) in [5.41, 5.74) is 0. The lowest BCUT2D eigenvalue weighted by atomic mass is 10.3. The van der Waals surface area contributed by atoms with Gasteiger partial charge in [-0.1, -0.05) is 23.4 Å². The Morgan fingerprint density at radius 3 is 2.88 bits per heavy atom. The molecule has 0 saturated heterocycles. The third-order valence-corrected chi connectivity index (χ3v) is 2.82. The zero-order valence-electron chi connectivity index (χ0n) is 10.1. The van der Waals surface area contributed by atoms with E-state index in [1.165, 1.54) is 11.8 Å². The Labute approximate surface area is 110 Å². The fourth-order valence-electron chi connectivity index (χ4n) is 1.33. The largest absolute Gasteiger partial charge is 0.389 e. The van der Waals surface area contributed by atoms with Gasteiger partial charge in [0, 0.05) is 26.8 Å². The Balaban J connectivity index is 2.74. The summed E-state index contributed by atoms with van der Waals surface area (Å²) in [5.74, 6) is 0.685. The molecule has 0 amide bonds. The van der Waals surface area contributed by atoms with E-state index in [9.17, 15) is 5.11 Å². The minimum Gasteiger partial charge on any atom is -0.389 e. The number of nitrogens with zero attached hydrogens (tertiary/aromatic N) is 3. The van der Waals surface area contributed by atoms with Crippen LogP contribution in [0.5, 0.6) is 0 Å². The fourth-order valence-corrected chi connectivity index (χ4v) is 1.93. The molecule has 1 aromatic rings. The number of thioether (sulfide) groups is 1. The van der Waals surface area contributed by atoms with E-state index in [1.54, 1.807) is 13.2 Å². The summed E-state index contributed by atoms with van der Waals surface area (Å²) in [5, 5.41) is 10.6. The number of aliphatic hydroxyl groups excluding tert-OH is 1. The van der Waals surface area contributed by atoms with Crippen molar-refractivity contribution in [2.75, 3.05) is 38.5 Å². The standard InChI is InChI=1S/C10H16ClN3O2S/c1-14(5-7(15)6-16-2)9-4-8(11)12-10(13-9)17-3/h4,7,15H,5-6H2,1-3H3. The van der Waals surface area contributed by atoms with Gasteiger partial charge in [0.25, 0.3) is 0 Å². The van der Waals surface area contributed by atoms with Crippen molar-refractivity contribution in [3.05, 3.63) is 11.2 Å². The summed E-state index contributed by atoms with van der Waals surface area (Å²) < 4.78 is 4.87. The van der Waals surface area contributed by atoms with Crippen LogP contribution in [0.1, 0.15) is 0 Å². The van der Waals surface area contributed by atoms with Gasteiger partial charge in [0.05, 0.1) is 12.7 Å². The predicted octanol–water partition coefficient (Wildman–Crippen LogP) is 1.30. The third-order valence-electron chi connectivity index (χ3n) is 2.08. The first-order chi connectivity index (χ1) is 8.06. The van der Waals surface area contributed by atoms with Crippen LogP contribution >= 0.6 is 23.4 Å². The van der Waals surface area contributed by atoms with Gasteiger partial charge in [0.15, 0.2) is 5.16 Å². The Morgan fingerprint density at radius 2 is 2.29 bits per heavy atom. The second-order valence-electron chi connectivity index (χ2n) is 3.53. The van der Waals surface area contributed by atoms with Gasteiger partial charge in [-0.2, -0.15) is 0 Å². The van der Waals surface area contributed by atoms with Crippen LogP contribution in [0.2, 0.25) is 5.15 Å². The maximum atomic E-state index is 9.63. The summed E-state index contributed by atoms with van der Waals surface area (Å²) in [6, 6.07) is 1.67. The van der Waals surface area contributed by atoms with Crippen LogP contribution in [0.25, 0.3) is 0 Å². The first kappa shape index (κ1) is 14.5. The van der Waals surface area contributed by atoms with E-state index in [2.05, 4.69) is 9.97 Å². The van der Waals surface area contributed by atoms with Crippen molar-refractivity contribution in [2.24, 2.45) is 0 Å². The van der Waals surface area contributed by atoms with Gasteiger partial charge in [-0.05, 0) is 6.26 Å². The minimum atomic E-state index is -0.559. The van der Waals surface area contributed by atoms with Gasteiger partial charge < -0.3 is 14.7 Å². The van der Waals surface area contributed by atoms with Crippen molar-refractivity contribution in [1.29, 1.82) is 0 Å². The average Bonchev–Trinajstić information content (AvgIpc) is 2.28. The van der Waals surface area contributed by atoms with Gasteiger partial charge in [0.2, 0.25) is 0 Å². The van der Waals surface area contributed by atoms with Crippen molar-refractivity contribution in [1.82, 2.24) is 9.97 Å². The molecule has 0 aliphatic rings. The Kier molecular flexibility index (Phi) is 5.97. The Bertz CT molecular complexity index is 367. The average molecular weight is 278 g/mol. The Morgan fingerprint density at radius 1 is 1.59 bits per heavy atom. The summed E-state index contributed by atoms with van der Waals surface area (Å²) in [4.78, 5) is 10.2. The maximum Gasteiger partial charge on any atom is 0.190 e. The zero-order valence-corrected chi connectivity index (χ0v) is 11.6. The number of halogens is 1. The molecular weight excluding hydrogens is 262 g/mol. The molecule has 0 fully saturated rings. The molecule has 0 radical (unpaired) electrons. The lowest BCUT2D eigenvalue weighted by Gasteiger charge is -2.21. The van der Waals surface area contributed by atoms with Crippen LogP contribution < -0.4 is 4.90 Å². The van der Waals surface area contributed by atoms with Crippen molar-refractivity contribution >= 4 is 29.2 Å². The third kappa shape index (κ3) is 4.67. The second kappa shape index (κ2) is 7.00. The minimum absolute atomic E-state index is 0.290. The molecule has 1 rings (SSSR count). The van der Waals surface area contributed by atoms with Crippen LogP contribution in [0.3, 0.4) is 0 Å². The van der Waals surface area contributed by atoms with Crippen LogP contribution in [0.4, 0.5) is 5.82 Å². The van der Waals surface area contributed by atoms with Crippen LogP contribution in [0, 0.1) is 0 Å². The number of aliphatic hydroxyl groups is 1. The molecule has 0 aromatic carbocycles. The molecule has 0 aliphatic carbocycles. The molecule has 1 N–H and O–H groups in total. The van der Waals surface area contributed by atoms with Crippen molar-refractivity contribution in [3.8, 4) is 0 Å². The highest BCUT2D eigenvalue weighted by Crippen LogP contribution is 2.19. The van der Waals surface area contributed by atoms with Gasteiger partial charge >= 0.3 is 0 Å². The van der Waals surface area contributed by atoms with E-state index in [-0.39, 0.29) is 0 Å². The molecule has 1 heterocycles. The lowest BCUT2D eigenvalue weighted by molar-refractivity contribution is 0.0694. The molecular formula is C10H16ClN3O2S.